The molecule has 1 aromatic heterocycles. The third-order valence-electron chi connectivity index (χ3n) is 4.32. The van der Waals surface area contributed by atoms with Crippen LogP contribution >= 0.6 is 12.2 Å². The van der Waals surface area contributed by atoms with Crippen molar-refractivity contribution in [3.8, 4) is 0 Å². The molecule has 0 bridgehead atoms. The van der Waals surface area contributed by atoms with Crippen molar-refractivity contribution >= 4 is 12.2 Å². The van der Waals surface area contributed by atoms with Gasteiger partial charge in [-0.2, -0.15) is 5.10 Å². The SMILES string of the molecule is S=c1[nH]nc(C2CCCC2)c2c1CCCCC2. The molecule has 0 atom stereocenters. The van der Waals surface area contributed by atoms with Gasteiger partial charge in [0.15, 0.2) is 0 Å². The van der Waals surface area contributed by atoms with Crippen molar-refractivity contribution in [2.45, 2.75) is 63.7 Å². The molecule has 2 aliphatic carbocycles. The van der Waals surface area contributed by atoms with Crippen LogP contribution in [-0.2, 0) is 12.8 Å². The maximum absolute atomic E-state index is 5.42. The standard InChI is InChI=1S/C14H20N2S/c17-14-12-9-3-1-2-8-11(12)13(15-16-14)10-6-4-5-7-10/h10H,1-9H2,(H,16,17). The highest BCUT2D eigenvalue weighted by molar-refractivity contribution is 7.71. The van der Waals surface area contributed by atoms with Crippen LogP contribution in [0.3, 0.4) is 0 Å². The Hall–Kier alpha value is -0.700. The van der Waals surface area contributed by atoms with Gasteiger partial charge >= 0.3 is 0 Å². The minimum atomic E-state index is 0.702. The van der Waals surface area contributed by atoms with Gasteiger partial charge in [0, 0.05) is 5.92 Å². The Kier molecular flexibility index (Phi) is 3.28. The van der Waals surface area contributed by atoms with E-state index in [-0.39, 0.29) is 0 Å². The van der Waals surface area contributed by atoms with Gasteiger partial charge in [-0.3, -0.25) is 5.10 Å². The van der Waals surface area contributed by atoms with Crippen molar-refractivity contribution < 1.29 is 0 Å². The Bertz CT molecular complexity index is 458. The van der Waals surface area contributed by atoms with Crippen molar-refractivity contribution in [3.05, 3.63) is 21.5 Å². The number of hydrogen-bond donors (Lipinski definition) is 1. The molecule has 0 aliphatic heterocycles. The van der Waals surface area contributed by atoms with Crippen molar-refractivity contribution in [2.24, 2.45) is 0 Å². The first kappa shape index (κ1) is 11.4. The lowest BCUT2D eigenvalue weighted by Crippen LogP contribution is -2.08. The molecular formula is C14H20N2S. The first-order valence-corrected chi connectivity index (χ1v) is 7.37. The summed E-state index contributed by atoms with van der Waals surface area (Å²) < 4.78 is 0.892. The van der Waals surface area contributed by atoms with Gasteiger partial charge in [0.2, 0.25) is 0 Å². The van der Waals surface area contributed by atoms with E-state index in [1.54, 1.807) is 0 Å². The summed E-state index contributed by atoms with van der Waals surface area (Å²) >= 11 is 5.42. The van der Waals surface area contributed by atoms with E-state index in [0.717, 1.165) is 11.1 Å². The lowest BCUT2D eigenvalue weighted by atomic mass is 9.94. The van der Waals surface area contributed by atoms with Gasteiger partial charge in [0.25, 0.3) is 0 Å². The summed E-state index contributed by atoms with van der Waals surface area (Å²) in [5.41, 5.74) is 4.28. The van der Waals surface area contributed by atoms with E-state index in [9.17, 15) is 0 Å². The average molecular weight is 248 g/mol. The molecule has 92 valence electrons. The first-order chi connectivity index (χ1) is 8.36. The van der Waals surface area contributed by atoms with Crippen molar-refractivity contribution in [2.75, 3.05) is 0 Å². The number of fused-ring (bicyclic) bond motifs is 1. The highest BCUT2D eigenvalue weighted by Gasteiger charge is 2.24. The molecule has 0 aromatic carbocycles. The summed E-state index contributed by atoms with van der Waals surface area (Å²) in [5.74, 6) is 0.702. The van der Waals surface area contributed by atoms with Gasteiger partial charge in [0.1, 0.15) is 4.64 Å². The van der Waals surface area contributed by atoms with Crippen molar-refractivity contribution in [3.63, 3.8) is 0 Å². The molecule has 0 spiro atoms. The fourth-order valence-electron chi connectivity index (χ4n) is 3.40. The molecule has 1 fully saturated rings. The second-order valence-electron chi connectivity index (χ2n) is 5.44. The molecule has 1 saturated carbocycles. The molecule has 1 aromatic rings. The predicted octanol–water partition coefficient (Wildman–Crippen LogP) is 4.07. The van der Waals surface area contributed by atoms with E-state index in [1.807, 2.05) is 0 Å². The highest BCUT2D eigenvalue weighted by atomic mass is 32.1. The van der Waals surface area contributed by atoms with Crippen LogP contribution < -0.4 is 0 Å². The molecule has 2 aliphatic rings. The van der Waals surface area contributed by atoms with Crippen LogP contribution in [0.25, 0.3) is 0 Å². The van der Waals surface area contributed by atoms with Gasteiger partial charge in [-0.25, -0.2) is 0 Å². The normalized spacial score (nSPS) is 21.2. The highest BCUT2D eigenvalue weighted by Crippen LogP contribution is 2.36. The number of nitrogens with zero attached hydrogens (tertiary/aromatic N) is 1. The Morgan fingerprint density at radius 1 is 0.941 bits per heavy atom. The summed E-state index contributed by atoms with van der Waals surface area (Å²) in [6.45, 7) is 0. The molecular weight excluding hydrogens is 228 g/mol. The summed E-state index contributed by atoms with van der Waals surface area (Å²) in [4.78, 5) is 0. The van der Waals surface area contributed by atoms with E-state index in [1.165, 1.54) is 68.2 Å². The Labute approximate surface area is 108 Å². The molecule has 17 heavy (non-hydrogen) atoms. The fraction of sp³-hybridized carbons (Fsp3) is 0.714. The minimum Gasteiger partial charge on any atom is -0.267 e. The van der Waals surface area contributed by atoms with Crippen LogP contribution in [0.2, 0.25) is 0 Å². The van der Waals surface area contributed by atoms with Crippen LogP contribution in [0.15, 0.2) is 0 Å². The Morgan fingerprint density at radius 3 is 2.41 bits per heavy atom. The van der Waals surface area contributed by atoms with E-state index >= 15 is 0 Å². The van der Waals surface area contributed by atoms with Crippen LogP contribution in [0, 0.1) is 4.64 Å². The van der Waals surface area contributed by atoms with E-state index in [4.69, 9.17) is 12.2 Å². The summed E-state index contributed by atoms with van der Waals surface area (Å²) in [6.07, 6.45) is 11.7. The van der Waals surface area contributed by atoms with E-state index < -0.39 is 0 Å². The third kappa shape index (κ3) is 2.17. The van der Waals surface area contributed by atoms with Gasteiger partial charge in [-0.15, -0.1) is 0 Å². The van der Waals surface area contributed by atoms with Crippen LogP contribution in [-0.4, -0.2) is 10.2 Å². The summed E-state index contributed by atoms with van der Waals surface area (Å²) in [6, 6.07) is 0. The fourth-order valence-corrected chi connectivity index (χ4v) is 3.67. The molecule has 1 heterocycles. The van der Waals surface area contributed by atoms with E-state index in [2.05, 4.69) is 10.2 Å². The molecule has 2 nitrogen and oxygen atoms in total. The molecule has 3 rings (SSSR count). The molecule has 0 amide bonds. The quantitative estimate of drug-likeness (QED) is 0.599. The Balaban J connectivity index is 2.06. The molecule has 0 radical (unpaired) electrons. The second kappa shape index (κ2) is 4.89. The minimum absolute atomic E-state index is 0.702. The topological polar surface area (TPSA) is 28.7 Å². The van der Waals surface area contributed by atoms with Gasteiger partial charge in [-0.05, 0) is 49.7 Å². The first-order valence-electron chi connectivity index (χ1n) is 6.96. The van der Waals surface area contributed by atoms with Gasteiger partial charge in [-0.1, -0.05) is 31.5 Å². The zero-order chi connectivity index (χ0) is 11.7. The Morgan fingerprint density at radius 2 is 1.65 bits per heavy atom. The number of aromatic amines is 1. The second-order valence-corrected chi connectivity index (χ2v) is 5.85. The summed E-state index contributed by atoms with van der Waals surface area (Å²) in [7, 11) is 0. The lowest BCUT2D eigenvalue weighted by molar-refractivity contribution is 0.657. The maximum Gasteiger partial charge on any atom is 0.123 e. The smallest absolute Gasteiger partial charge is 0.123 e. The van der Waals surface area contributed by atoms with Crippen LogP contribution in [0.4, 0.5) is 0 Å². The molecule has 3 heteroatoms. The van der Waals surface area contributed by atoms with Crippen molar-refractivity contribution in [1.82, 2.24) is 10.2 Å². The zero-order valence-electron chi connectivity index (χ0n) is 10.3. The monoisotopic (exact) mass is 248 g/mol. The van der Waals surface area contributed by atoms with Crippen LogP contribution in [0.1, 0.15) is 67.7 Å². The molecule has 0 unspecified atom stereocenters. The molecule has 1 N–H and O–H groups in total. The summed E-state index contributed by atoms with van der Waals surface area (Å²) in [5, 5.41) is 7.68. The number of hydrogen-bond acceptors (Lipinski definition) is 2. The maximum atomic E-state index is 5.42. The third-order valence-corrected chi connectivity index (χ3v) is 4.66. The number of aromatic nitrogens is 2. The van der Waals surface area contributed by atoms with E-state index in [0.29, 0.717) is 5.92 Å². The largest absolute Gasteiger partial charge is 0.267 e. The number of H-pyrrole nitrogens is 1. The van der Waals surface area contributed by atoms with Crippen LogP contribution in [0.5, 0.6) is 0 Å². The van der Waals surface area contributed by atoms with Gasteiger partial charge < -0.3 is 0 Å². The average Bonchev–Trinajstić information content (AvgIpc) is 2.74. The lowest BCUT2D eigenvalue weighted by Gasteiger charge is -2.15. The zero-order valence-corrected chi connectivity index (χ0v) is 11.1. The predicted molar refractivity (Wildman–Crippen MR) is 71.9 cm³/mol. The van der Waals surface area contributed by atoms with Gasteiger partial charge in [0.05, 0.1) is 5.69 Å². The molecule has 0 saturated heterocycles. The van der Waals surface area contributed by atoms with Crippen molar-refractivity contribution in [1.29, 1.82) is 0 Å². The number of nitrogens with one attached hydrogen (secondary N) is 1. The number of rotatable bonds is 1.